The van der Waals surface area contributed by atoms with Crippen molar-refractivity contribution in [3.05, 3.63) is 11.6 Å². The Bertz CT molecular complexity index is 1900. The first-order valence-electron chi connectivity index (χ1n) is 24.8. The van der Waals surface area contributed by atoms with Crippen LogP contribution in [0.5, 0.6) is 0 Å². The van der Waals surface area contributed by atoms with Gasteiger partial charge in [-0.25, -0.2) is 0 Å². The number of rotatable bonds is 12. The Morgan fingerprint density at radius 1 is 0.629 bits per heavy atom. The van der Waals surface area contributed by atoms with Crippen LogP contribution in [0.15, 0.2) is 11.6 Å². The van der Waals surface area contributed by atoms with Gasteiger partial charge in [-0.15, -0.1) is 0 Å². The fourth-order valence-corrected chi connectivity index (χ4v) is 15.2. The standard InChI is InChI=1S/C48H78O22/c1-43(2)10-11-48(42(63)64)21(12-43)20-6-7-26-44(3)13-22(52)38(47(18-50,19-51)27(44)8-9-45(26,4)46(20,5)14-28(48)53)70-41-37(62)34(59)31(56)25(69-41)17-66-40-36(61)33(58)30(55)24(68-40)16-65-39-35(60)32(57)29(54)23(15-49)67-39/h6,21-41,49-62H,7-19H2,1-5H3,(H,63,64)/t21-,22-,23+,24+,25+,26+,27-,28+,29+,30+,31+,32-,33-,34-,35+,36+,37+,38-,39+,40+,41-,44+,45+,46+,48+/m0/s1. The highest BCUT2D eigenvalue weighted by molar-refractivity contribution is 5.77. The van der Waals surface area contributed by atoms with Gasteiger partial charge >= 0.3 is 5.97 Å². The van der Waals surface area contributed by atoms with E-state index in [0.717, 1.165) is 5.57 Å². The van der Waals surface area contributed by atoms with Crippen molar-refractivity contribution in [3.8, 4) is 0 Å². The molecule has 8 aliphatic rings. The van der Waals surface area contributed by atoms with Gasteiger partial charge < -0.3 is 105 Å². The average Bonchev–Trinajstić information content (AvgIpc) is 3.30. The topological polar surface area (TPSA) is 376 Å². The molecule has 0 amide bonds. The molecule has 0 aromatic heterocycles. The first kappa shape index (κ1) is 54.7. The van der Waals surface area contributed by atoms with Crippen LogP contribution in [0.4, 0.5) is 0 Å². The van der Waals surface area contributed by atoms with Gasteiger partial charge in [0.05, 0.1) is 51.3 Å². The predicted molar refractivity (Wildman–Crippen MR) is 236 cm³/mol. The molecule has 0 spiro atoms. The van der Waals surface area contributed by atoms with Gasteiger partial charge in [0.15, 0.2) is 18.9 Å². The van der Waals surface area contributed by atoms with Crippen molar-refractivity contribution < 1.29 is 110 Å². The van der Waals surface area contributed by atoms with Crippen LogP contribution in [-0.4, -0.2) is 226 Å². The summed E-state index contributed by atoms with van der Waals surface area (Å²) >= 11 is 0. The van der Waals surface area contributed by atoms with Crippen LogP contribution >= 0.6 is 0 Å². The minimum Gasteiger partial charge on any atom is -0.481 e. The zero-order valence-corrected chi connectivity index (χ0v) is 40.5. The highest BCUT2D eigenvalue weighted by Crippen LogP contribution is 2.76. The third kappa shape index (κ3) is 8.36. The molecule has 0 aromatic carbocycles. The summed E-state index contributed by atoms with van der Waals surface area (Å²) in [5.74, 6) is -2.04. The smallest absolute Gasteiger partial charge is 0.312 e. The largest absolute Gasteiger partial charge is 0.481 e. The lowest BCUT2D eigenvalue weighted by atomic mass is 9.33. The van der Waals surface area contributed by atoms with Crippen molar-refractivity contribution in [1.82, 2.24) is 0 Å². The van der Waals surface area contributed by atoms with E-state index in [1.54, 1.807) is 0 Å². The number of hydrogen-bond donors (Lipinski definition) is 15. The van der Waals surface area contributed by atoms with E-state index in [2.05, 4.69) is 33.8 Å². The first-order chi connectivity index (χ1) is 32.7. The first-order valence-corrected chi connectivity index (χ1v) is 24.8. The number of carboxylic acids is 1. The van der Waals surface area contributed by atoms with Gasteiger partial charge in [-0.1, -0.05) is 46.3 Å². The normalized spacial score (nSPS) is 53.1. The van der Waals surface area contributed by atoms with Crippen LogP contribution in [0.1, 0.15) is 86.0 Å². The molecular formula is C48H78O22. The minimum absolute atomic E-state index is 0.106. The molecule has 8 rings (SSSR count). The second kappa shape index (κ2) is 19.5. The molecule has 7 fully saturated rings. The summed E-state index contributed by atoms with van der Waals surface area (Å²) < 4.78 is 34.5. The maximum Gasteiger partial charge on any atom is 0.312 e. The van der Waals surface area contributed by atoms with Gasteiger partial charge in [0.1, 0.15) is 78.7 Å². The van der Waals surface area contributed by atoms with Gasteiger partial charge in [0.25, 0.3) is 0 Å². The molecular weight excluding hydrogens is 929 g/mol. The highest BCUT2D eigenvalue weighted by atomic mass is 16.7. The molecule has 3 aliphatic heterocycles. The van der Waals surface area contributed by atoms with Gasteiger partial charge in [0.2, 0.25) is 0 Å². The molecule has 70 heavy (non-hydrogen) atoms. The number of allylic oxidation sites excluding steroid dienone is 2. The Labute approximate surface area is 406 Å². The second-order valence-corrected chi connectivity index (χ2v) is 23.6. The Morgan fingerprint density at radius 3 is 1.67 bits per heavy atom. The second-order valence-electron chi connectivity index (χ2n) is 23.6. The van der Waals surface area contributed by atoms with Crippen molar-refractivity contribution in [3.63, 3.8) is 0 Å². The zero-order valence-electron chi connectivity index (χ0n) is 40.5. The Hall–Kier alpha value is -1.59. The van der Waals surface area contributed by atoms with E-state index in [1.807, 2.05) is 6.92 Å². The Kier molecular flexibility index (Phi) is 15.2. The molecule has 15 N–H and O–H groups in total. The number of carboxylic acid groups (broad SMARTS) is 1. The van der Waals surface area contributed by atoms with Crippen LogP contribution in [0.2, 0.25) is 0 Å². The van der Waals surface area contributed by atoms with Crippen LogP contribution in [0.3, 0.4) is 0 Å². The quantitative estimate of drug-likeness (QED) is 0.0669. The lowest BCUT2D eigenvalue weighted by Crippen LogP contribution is -2.71. The summed E-state index contributed by atoms with van der Waals surface area (Å²) in [6, 6.07) is 0. The Balaban J connectivity index is 0.985. The molecule has 3 heterocycles. The molecule has 0 bridgehead atoms. The van der Waals surface area contributed by atoms with Crippen molar-refractivity contribution in [2.45, 2.75) is 196 Å². The van der Waals surface area contributed by atoms with Crippen LogP contribution < -0.4 is 0 Å². The molecule has 22 nitrogen and oxygen atoms in total. The summed E-state index contributed by atoms with van der Waals surface area (Å²) in [6.45, 7) is 7.21. The number of fused-ring (bicyclic) bond motifs is 7. The van der Waals surface area contributed by atoms with Gasteiger partial charge in [-0.3, -0.25) is 4.79 Å². The van der Waals surface area contributed by atoms with Crippen molar-refractivity contribution in [2.24, 2.45) is 50.2 Å². The highest BCUT2D eigenvalue weighted by Gasteiger charge is 2.73. The molecule has 0 unspecified atom stereocenters. The number of aliphatic hydroxyl groups excluding tert-OH is 14. The maximum absolute atomic E-state index is 13.2. The lowest BCUT2D eigenvalue weighted by Gasteiger charge is -2.72. The van der Waals surface area contributed by atoms with Crippen molar-refractivity contribution in [1.29, 1.82) is 0 Å². The number of ether oxygens (including phenoxy) is 6. The molecule has 3 saturated heterocycles. The summed E-state index contributed by atoms with van der Waals surface area (Å²) in [5.41, 5.74) is -3.87. The fourth-order valence-electron chi connectivity index (χ4n) is 15.2. The van der Waals surface area contributed by atoms with E-state index in [4.69, 9.17) is 28.4 Å². The molecule has 0 radical (unpaired) electrons. The number of carbonyl (C=O) groups is 1. The van der Waals surface area contributed by atoms with Gasteiger partial charge in [-0.2, -0.15) is 0 Å². The van der Waals surface area contributed by atoms with E-state index in [0.29, 0.717) is 38.5 Å². The number of aliphatic hydroxyl groups is 14. The van der Waals surface area contributed by atoms with E-state index in [-0.39, 0.29) is 30.1 Å². The minimum atomic E-state index is -1.94. The SMILES string of the molecule is CC1(C)CC[C@]2(C(=O)O)[C@H](O)C[C@]3(C)C(=CC[C@@H]4[C@@]5(C)C[C@H](O)[C@H](O[C@@H]6O[C@H](CO[C@@H]7O[C@H](CO[C@@H]8O[C@H](CO)[C@@H](O)[C@H](O)[C@H]8O)[C@@H](O)[C@H](O)[C@H]7O)[C@@H](O)[C@H](O)[C@H]6O)C(CO)(CO)[C@H]5CC[C@]43C)[C@@H]2C1. The molecule has 25 atom stereocenters. The van der Waals surface area contributed by atoms with E-state index in [9.17, 15) is 81.4 Å². The third-order valence-corrected chi connectivity index (χ3v) is 19.5. The zero-order chi connectivity index (χ0) is 51.4. The Morgan fingerprint density at radius 2 is 1.14 bits per heavy atom. The monoisotopic (exact) mass is 1010 g/mol. The van der Waals surface area contributed by atoms with Crippen LogP contribution in [-0.2, 0) is 33.2 Å². The van der Waals surface area contributed by atoms with Crippen LogP contribution in [0, 0.1) is 50.2 Å². The van der Waals surface area contributed by atoms with Gasteiger partial charge in [-0.05, 0) is 90.8 Å². The van der Waals surface area contributed by atoms with Gasteiger partial charge in [0, 0.05) is 5.41 Å². The number of hydrogen-bond acceptors (Lipinski definition) is 21. The number of aliphatic carboxylic acids is 1. The average molecular weight is 1010 g/mol. The third-order valence-electron chi connectivity index (χ3n) is 19.5. The van der Waals surface area contributed by atoms with E-state index in [1.165, 1.54) is 0 Å². The molecule has 402 valence electrons. The lowest BCUT2D eigenvalue weighted by molar-refractivity contribution is -0.360. The van der Waals surface area contributed by atoms with Crippen LogP contribution in [0.25, 0.3) is 0 Å². The molecule has 4 saturated carbocycles. The molecule has 0 aromatic rings. The summed E-state index contributed by atoms with van der Waals surface area (Å²) in [7, 11) is 0. The molecule has 22 heteroatoms. The summed E-state index contributed by atoms with van der Waals surface area (Å²) in [6.07, 6.45) is -24.3. The summed E-state index contributed by atoms with van der Waals surface area (Å²) in [5, 5.41) is 164. The molecule has 5 aliphatic carbocycles. The van der Waals surface area contributed by atoms with E-state index >= 15 is 0 Å². The summed E-state index contributed by atoms with van der Waals surface area (Å²) in [4.78, 5) is 13.2. The maximum atomic E-state index is 13.2. The van der Waals surface area contributed by atoms with E-state index < -0.39 is 182 Å². The fraction of sp³-hybridized carbons (Fsp3) is 0.938. The predicted octanol–water partition coefficient (Wildman–Crippen LogP) is -3.41. The van der Waals surface area contributed by atoms with Crippen molar-refractivity contribution in [2.75, 3.05) is 33.0 Å². The van der Waals surface area contributed by atoms with Crippen molar-refractivity contribution >= 4 is 5.97 Å².